The molecular weight excluding hydrogens is 366 g/mol. The van der Waals surface area contributed by atoms with Crippen molar-refractivity contribution in [1.82, 2.24) is 5.32 Å². The van der Waals surface area contributed by atoms with Gasteiger partial charge in [0.2, 0.25) is 0 Å². The van der Waals surface area contributed by atoms with Crippen molar-refractivity contribution in [3.05, 3.63) is 65.7 Å². The van der Waals surface area contributed by atoms with Crippen molar-refractivity contribution in [2.45, 2.75) is 37.0 Å². The molecule has 0 radical (unpaired) electrons. The Kier molecular flexibility index (Phi) is 6.74. The Labute approximate surface area is 159 Å². The summed E-state index contributed by atoms with van der Waals surface area (Å²) >= 11 is 0. The predicted molar refractivity (Wildman–Crippen MR) is 102 cm³/mol. The van der Waals surface area contributed by atoms with Gasteiger partial charge in [0, 0.05) is 5.56 Å². The summed E-state index contributed by atoms with van der Waals surface area (Å²) in [5, 5.41) is 11.7. The zero-order valence-corrected chi connectivity index (χ0v) is 16.1. The van der Waals surface area contributed by atoms with Crippen LogP contribution in [-0.4, -0.2) is 31.4 Å². The molecule has 0 unspecified atom stereocenters. The van der Waals surface area contributed by atoms with E-state index in [2.05, 4.69) is 5.32 Å². The van der Waals surface area contributed by atoms with E-state index in [1.807, 2.05) is 19.9 Å². The molecular formula is C20H23NO5S. The molecule has 0 spiro atoms. The normalized spacial score (nSPS) is 12.6. The number of hydrogen-bond donors (Lipinski definition) is 2. The third-order valence-electron chi connectivity index (χ3n) is 3.99. The standard InChI is InChI=1S/C20H23NO5S/c1-14(2)12-18(20(23)24)21-19(22)16-8-10-17(11-9-16)27(25,26)13-15-6-4-3-5-7-15/h3-11,14,18H,12-13H2,1-2H3,(H,21,22)(H,23,24)/t18-/m0/s1. The predicted octanol–water partition coefficient (Wildman–Crippen LogP) is 2.89. The highest BCUT2D eigenvalue weighted by Crippen LogP contribution is 2.17. The summed E-state index contributed by atoms with van der Waals surface area (Å²) < 4.78 is 25.0. The summed E-state index contributed by atoms with van der Waals surface area (Å²) in [6.45, 7) is 3.74. The van der Waals surface area contributed by atoms with Gasteiger partial charge in [-0.05, 0) is 42.2 Å². The SMILES string of the molecule is CC(C)C[C@H](NC(=O)c1ccc(S(=O)(=O)Cc2ccccc2)cc1)C(=O)O. The fourth-order valence-electron chi connectivity index (χ4n) is 2.63. The van der Waals surface area contributed by atoms with Gasteiger partial charge in [0.15, 0.2) is 9.84 Å². The highest BCUT2D eigenvalue weighted by atomic mass is 32.2. The number of carbonyl (C=O) groups excluding carboxylic acids is 1. The van der Waals surface area contributed by atoms with Gasteiger partial charge in [0.05, 0.1) is 10.6 Å². The molecule has 27 heavy (non-hydrogen) atoms. The van der Waals surface area contributed by atoms with Crippen LogP contribution < -0.4 is 5.32 Å². The van der Waals surface area contributed by atoms with Crippen LogP contribution in [0, 0.1) is 5.92 Å². The number of rotatable bonds is 8. The van der Waals surface area contributed by atoms with Gasteiger partial charge in [0.25, 0.3) is 5.91 Å². The molecule has 144 valence electrons. The van der Waals surface area contributed by atoms with Gasteiger partial charge in [-0.25, -0.2) is 13.2 Å². The van der Waals surface area contributed by atoms with Crippen LogP contribution in [0.3, 0.4) is 0 Å². The van der Waals surface area contributed by atoms with Gasteiger partial charge in [0.1, 0.15) is 6.04 Å². The number of nitrogens with one attached hydrogen (secondary N) is 1. The quantitative estimate of drug-likeness (QED) is 0.723. The molecule has 0 saturated carbocycles. The molecule has 2 rings (SSSR count). The van der Waals surface area contributed by atoms with Crippen molar-refractivity contribution in [1.29, 1.82) is 0 Å². The van der Waals surface area contributed by atoms with Crippen LogP contribution in [0.15, 0.2) is 59.5 Å². The molecule has 7 heteroatoms. The van der Waals surface area contributed by atoms with Crippen molar-refractivity contribution in [2.75, 3.05) is 0 Å². The van der Waals surface area contributed by atoms with Crippen molar-refractivity contribution in [3.63, 3.8) is 0 Å². The molecule has 0 saturated heterocycles. The molecule has 2 N–H and O–H groups in total. The number of amides is 1. The van der Waals surface area contributed by atoms with E-state index >= 15 is 0 Å². The van der Waals surface area contributed by atoms with E-state index in [-0.39, 0.29) is 22.1 Å². The lowest BCUT2D eigenvalue weighted by atomic mass is 10.0. The Morgan fingerprint density at radius 2 is 1.59 bits per heavy atom. The molecule has 1 amide bonds. The van der Waals surface area contributed by atoms with Gasteiger partial charge in [-0.2, -0.15) is 0 Å². The second-order valence-corrected chi connectivity index (χ2v) is 8.75. The number of carboxylic acid groups (broad SMARTS) is 1. The summed E-state index contributed by atoms with van der Waals surface area (Å²) in [4.78, 5) is 23.6. The van der Waals surface area contributed by atoms with Gasteiger partial charge < -0.3 is 10.4 Å². The molecule has 0 aliphatic heterocycles. The number of aliphatic carboxylic acids is 1. The van der Waals surface area contributed by atoms with E-state index in [1.54, 1.807) is 24.3 Å². The van der Waals surface area contributed by atoms with E-state index in [4.69, 9.17) is 0 Å². The van der Waals surface area contributed by atoms with Crippen molar-refractivity contribution >= 4 is 21.7 Å². The summed E-state index contributed by atoms with van der Waals surface area (Å²) in [5.74, 6) is -1.67. The Bertz CT molecular complexity index is 890. The van der Waals surface area contributed by atoms with E-state index in [1.165, 1.54) is 24.3 Å². The van der Waals surface area contributed by atoms with Crippen LogP contribution in [0.25, 0.3) is 0 Å². The molecule has 0 heterocycles. The topological polar surface area (TPSA) is 101 Å². The molecule has 1 atom stereocenters. The summed E-state index contributed by atoms with van der Waals surface area (Å²) in [6, 6.07) is 13.4. The number of carbonyl (C=O) groups is 2. The zero-order valence-electron chi connectivity index (χ0n) is 15.3. The largest absolute Gasteiger partial charge is 0.480 e. The third-order valence-corrected chi connectivity index (χ3v) is 5.69. The Hall–Kier alpha value is -2.67. The van der Waals surface area contributed by atoms with Gasteiger partial charge >= 0.3 is 5.97 Å². The highest BCUT2D eigenvalue weighted by Gasteiger charge is 2.22. The van der Waals surface area contributed by atoms with Crippen LogP contribution >= 0.6 is 0 Å². The van der Waals surface area contributed by atoms with Crippen LogP contribution in [0.5, 0.6) is 0 Å². The average Bonchev–Trinajstić information content (AvgIpc) is 2.61. The van der Waals surface area contributed by atoms with Gasteiger partial charge in [-0.15, -0.1) is 0 Å². The average molecular weight is 389 g/mol. The molecule has 2 aromatic rings. The molecule has 2 aromatic carbocycles. The molecule has 0 aliphatic rings. The maximum absolute atomic E-state index is 12.5. The second kappa shape index (κ2) is 8.81. The van der Waals surface area contributed by atoms with E-state index in [9.17, 15) is 23.1 Å². The number of benzene rings is 2. The Morgan fingerprint density at radius 3 is 2.11 bits per heavy atom. The maximum atomic E-state index is 12.5. The maximum Gasteiger partial charge on any atom is 0.326 e. The minimum absolute atomic E-state index is 0.108. The molecule has 0 aromatic heterocycles. The van der Waals surface area contributed by atoms with Crippen LogP contribution in [-0.2, 0) is 20.4 Å². The monoisotopic (exact) mass is 389 g/mol. The Balaban J connectivity index is 2.11. The molecule has 6 nitrogen and oxygen atoms in total. The first-order valence-corrected chi connectivity index (χ1v) is 10.2. The molecule has 0 fully saturated rings. The third kappa shape index (κ3) is 5.92. The summed E-state index contributed by atoms with van der Waals surface area (Å²) in [5.41, 5.74) is 0.890. The first-order valence-electron chi connectivity index (χ1n) is 8.59. The fourth-order valence-corrected chi connectivity index (χ4v) is 3.97. The van der Waals surface area contributed by atoms with Crippen molar-refractivity contribution in [2.24, 2.45) is 5.92 Å². The zero-order chi connectivity index (χ0) is 20.0. The van der Waals surface area contributed by atoms with Crippen molar-refractivity contribution in [3.8, 4) is 0 Å². The minimum Gasteiger partial charge on any atom is -0.480 e. The smallest absolute Gasteiger partial charge is 0.326 e. The number of sulfone groups is 1. The lowest BCUT2D eigenvalue weighted by Crippen LogP contribution is -2.41. The van der Waals surface area contributed by atoms with Crippen LogP contribution in [0.1, 0.15) is 36.2 Å². The molecule has 0 aliphatic carbocycles. The Morgan fingerprint density at radius 1 is 1.00 bits per heavy atom. The summed E-state index contributed by atoms with van der Waals surface area (Å²) in [7, 11) is -3.53. The van der Waals surface area contributed by atoms with E-state index in [0.29, 0.717) is 12.0 Å². The second-order valence-electron chi connectivity index (χ2n) is 6.76. The minimum atomic E-state index is -3.53. The first kappa shape index (κ1) is 20.6. The summed E-state index contributed by atoms with van der Waals surface area (Å²) in [6.07, 6.45) is 0.310. The fraction of sp³-hybridized carbons (Fsp3) is 0.300. The highest BCUT2D eigenvalue weighted by molar-refractivity contribution is 7.90. The van der Waals surface area contributed by atoms with Crippen molar-refractivity contribution < 1.29 is 23.1 Å². The van der Waals surface area contributed by atoms with E-state index < -0.39 is 27.8 Å². The number of carboxylic acids is 1. The first-order chi connectivity index (χ1) is 12.7. The van der Waals surface area contributed by atoms with Crippen LogP contribution in [0.4, 0.5) is 0 Å². The lowest BCUT2D eigenvalue weighted by Gasteiger charge is -2.16. The van der Waals surface area contributed by atoms with E-state index in [0.717, 1.165) is 0 Å². The van der Waals surface area contributed by atoms with Crippen LogP contribution in [0.2, 0.25) is 0 Å². The van der Waals surface area contributed by atoms with Gasteiger partial charge in [-0.1, -0.05) is 44.2 Å². The molecule has 0 bridgehead atoms. The number of hydrogen-bond acceptors (Lipinski definition) is 4. The van der Waals surface area contributed by atoms with Gasteiger partial charge in [-0.3, -0.25) is 4.79 Å². The lowest BCUT2D eigenvalue weighted by molar-refractivity contribution is -0.139.